The van der Waals surface area contributed by atoms with Gasteiger partial charge in [0.15, 0.2) is 0 Å². The quantitative estimate of drug-likeness (QED) is 0.757. The van der Waals surface area contributed by atoms with Crippen LogP contribution in [0.4, 0.5) is 10.6 Å². The van der Waals surface area contributed by atoms with Crippen LogP contribution in [0.25, 0.3) is 5.65 Å². The molecule has 0 saturated heterocycles. The normalized spacial score (nSPS) is 15.4. The first-order valence-electron chi connectivity index (χ1n) is 8.20. The highest BCUT2D eigenvalue weighted by Gasteiger charge is 2.30. The number of rotatable bonds is 5. The fourth-order valence-electron chi connectivity index (χ4n) is 2.92. The molecular formula is C17H20N6O. The van der Waals surface area contributed by atoms with E-state index in [1.165, 1.54) is 12.8 Å². The van der Waals surface area contributed by atoms with E-state index >= 15 is 0 Å². The topological polar surface area (TPSA) is 76.2 Å². The Morgan fingerprint density at radius 2 is 2.21 bits per heavy atom. The number of carbonyl (C=O) groups excluding carboxylic acids is 1. The molecule has 4 rings (SSSR count). The highest BCUT2D eigenvalue weighted by atomic mass is 16.2. The molecule has 0 aliphatic heterocycles. The highest BCUT2D eigenvalue weighted by molar-refractivity contribution is 5.88. The monoisotopic (exact) mass is 324 g/mol. The molecule has 1 unspecified atom stereocenters. The molecule has 1 atom stereocenters. The van der Waals surface area contributed by atoms with E-state index < -0.39 is 0 Å². The van der Waals surface area contributed by atoms with E-state index in [0.717, 1.165) is 17.0 Å². The lowest BCUT2D eigenvalue weighted by molar-refractivity contribution is 0.251. The number of aromatic nitrogens is 4. The Morgan fingerprint density at radius 1 is 1.33 bits per heavy atom. The molecule has 1 aliphatic rings. The number of nitrogens with zero attached hydrogens (tertiary/aromatic N) is 4. The minimum absolute atomic E-state index is 0.233. The van der Waals surface area contributed by atoms with Crippen LogP contribution < -0.4 is 10.6 Å². The molecule has 0 spiro atoms. The third-order valence-corrected chi connectivity index (χ3v) is 4.52. The largest absolute Gasteiger partial charge is 0.334 e. The van der Waals surface area contributed by atoms with Crippen LogP contribution in [-0.2, 0) is 6.54 Å². The fraction of sp³-hybridized carbons (Fsp3) is 0.353. The molecule has 1 aliphatic carbocycles. The summed E-state index contributed by atoms with van der Waals surface area (Å²) in [6.07, 6.45) is 9.78. The summed E-state index contributed by atoms with van der Waals surface area (Å²) in [7, 11) is 0. The first-order valence-corrected chi connectivity index (χ1v) is 8.20. The fourth-order valence-corrected chi connectivity index (χ4v) is 2.92. The standard InChI is InChI=1S/C17H20N6O/c1-12(14-2-3-14)23-15(4-6-20-23)21-17(24)19-11-13-5-8-22-9-7-18-16(22)10-13/h4-10,12,14H,2-3,11H2,1H3,(H2,19,21,24). The summed E-state index contributed by atoms with van der Waals surface area (Å²) in [6.45, 7) is 2.59. The Balaban J connectivity index is 1.37. The Labute approximate surface area is 139 Å². The van der Waals surface area contributed by atoms with Crippen LogP contribution in [0.15, 0.2) is 43.0 Å². The average Bonchev–Trinajstić information content (AvgIpc) is 3.16. The van der Waals surface area contributed by atoms with Crippen molar-refractivity contribution in [2.75, 3.05) is 5.32 Å². The minimum atomic E-state index is -0.233. The van der Waals surface area contributed by atoms with Gasteiger partial charge in [0.25, 0.3) is 0 Å². The number of fused-ring (bicyclic) bond motifs is 1. The van der Waals surface area contributed by atoms with E-state index in [0.29, 0.717) is 18.5 Å². The number of pyridine rings is 1. The number of hydrogen-bond acceptors (Lipinski definition) is 3. The molecule has 0 aromatic carbocycles. The maximum absolute atomic E-state index is 12.2. The number of amides is 2. The van der Waals surface area contributed by atoms with E-state index in [2.05, 4.69) is 27.6 Å². The summed E-state index contributed by atoms with van der Waals surface area (Å²) in [5.41, 5.74) is 1.87. The van der Waals surface area contributed by atoms with Crippen molar-refractivity contribution in [3.05, 3.63) is 48.5 Å². The second-order valence-electron chi connectivity index (χ2n) is 6.27. The number of anilines is 1. The summed E-state index contributed by atoms with van der Waals surface area (Å²) in [4.78, 5) is 16.4. The summed E-state index contributed by atoms with van der Waals surface area (Å²) in [6, 6.07) is 5.84. The van der Waals surface area contributed by atoms with Crippen molar-refractivity contribution in [2.24, 2.45) is 5.92 Å². The molecule has 3 heterocycles. The molecule has 1 fully saturated rings. The molecule has 7 heteroatoms. The molecule has 7 nitrogen and oxygen atoms in total. The van der Waals surface area contributed by atoms with Gasteiger partial charge in [0.05, 0.1) is 12.2 Å². The van der Waals surface area contributed by atoms with Crippen molar-refractivity contribution in [2.45, 2.75) is 32.4 Å². The van der Waals surface area contributed by atoms with Crippen LogP contribution in [0.5, 0.6) is 0 Å². The van der Waals surface area contributed by atoms with E-state index in [1.807, 2.05) is 39.7 Å². The minimum Gasteiger partial charge on any atom is -0.334 e. The van der Waals surface area contributed by atoms with Crippen LogP contribution in [0, 0.1) is 5.92 Å². The van der Waals surface area contributed by atoms with Crippen molar-refractivity contribution >= 4 is 17.5 Å². The number of nitrogens with one attached hydrogen (secondary N) is 2. The predicted molar refractivity (Wildman–Crippen MR) is 90.7 cm³/mol. The molecule has 0 radical (unpaired) electrons. The van der Waals surface area contributed by atoms with Gasteiger partial charge < -0.3 is 9.72 Å². The van der Waals surface area contributed by atoms with Gasteiger partial charge in [-0.25, -0.2) is 14.5 Å². The van der Waals surface area contributed by atoms with E-state index in [4.69, 9.17) is 0 Å². The number of hydrogen-bond donors (Lipinski definition) is 2. The summed E-state index contributed by atoms with van der Waals surface area (Å²) in [5.74, 6) is 1.41. The average molecular weight is 324 g/mol. The van der Waals surface area contributed by atoms with Crippen LogP contribution >= 0.6 is 0 Å². The Morgan fingerprint density at radius 3 is 3.04 bits per heavy atom. The van der Waals surface area contributed by atoms with Gasteiger partial charge in [-0.3, -0.25) is 5.32 Å². The molecule has 124 valence electrons. The number of imidazole rings is 1. The molecular weight excluding hydrogens is 304 g/mol. The zero-order chi connectivity index (χ0) is 16.5. The van der Waals surface area contributed by atoms with Gasteiger partial charge in [-0.05, 0) is 43.4 Å². The molecule has 24 heavy (non-hydrogen) atoms. The zero-order valence-electron chi connectivity index (χ0n) is 13.5. The second-order valence-corrected chi connectivity index (χ2v) is 6.27. The molecule has 1 saturated carbocycles. The van der Waals surface area contributed by atoms with Gasteiger partial charge >= 0.3 is 6.03 Å². The van der Waals surface area contributed by atoms with Crippen LogP contribution in [-0.4, -0.2) is 25.2 Å². The van der Waals surface area contributed by atoms with E-state index in [9.17, 15) is 4.79 Å². The van der Waals surface area contributed by atoms with Crippen LogP contribution in [0.3, 0.4) is 0 Å². The lowest BCUT2D eigenvalue weighted by Crippen LogP contribution is -2.29. The number of carbonyl (C=O) groups is 1. The van der Waals surface area contributed by atoms with Crippen molar-refractivity contribution in [3.8, 4) is 0 Å². The van der Waals surface area contributed by atoms with Crippen molar-refractivity contribution in [1.82, 2.24) is 24.5 Å². The van der Waals surface area contributed by atoms with E-state index in [-0.39, 0.29) is 6.03 Å². The van der Waals surface area contributed by atoms with Crippen LogP contribution in [0.2, 0.25) is 0 Å². The lowest BCUT2D eigenvalue weighted by atomic mass is 10.2. The third kappa shape index (κ3) is 2.97. The van der Waals surface area contributed by atoms with Gasteiger partial charge in [-0.15, -0.1) is 0 Å². The van der Waals surface area contributed by atoms with Gasteiger partial charge in [-0.1, -0.05) is 0 Å². The van der Waals surface area contributed by atoms with Gasteiger partial charge in [0, 0.05) is 31.2 Å². The molecule has 2 amide bonds. The Hall–Kier alpha value is -2.83. The van der Waals surface area contributed by atoms with E-state index in [1.54, 1.807) is 12.4 Å². The Kier molecular flexibility index (Phi) is 3.68. The van der Waals surface area contributed by atoms with Gasteiger partial charge in [0.2, 0.25) is 0 Å². The van der Waals surface area contributed by atoms with Crippen molar-refractivity contribution < 1.29 is 4.79 Å². The summed E-state index contributed by atoms with van der Waals surface area (Å²) in [5, 5.41) is 10.1. The summed E-state index contributed by atoms with van der Waals surface area (Å²) < 4.78 is 3.83. The smallest absolute Gasteiger partial charge is 0.320 e. The first-order chi connectivity index (χ1) is 11.7. The SMILES string of the molecule is CC(C1CC1)n1nccc1NC(=O)NCc1ccn2ccnc2c1. The number of urea groups is 1. The van der Waals surface area contributed by atoms with Gasteiger partial charge in [-0.2, -0.15) is 5.10 Å². The van der Waals surface area contributed by atoms with Crippen LogP contribution in [0.1, 0.15) is 31.4 Å². The summed E-state index contributed by atoms with van der Waals surface area (Å²) >= 11 is 0. The highest BCUT2D eigenvalue weighted by Crippen LogP contribution is 2.40. The molecule has 2 N–H and O–H groups in total. The van der Waals surface area contributed by atoms with Gasteiger partial charge in [0.1, 0.15) is 11.5 Å². The maximum atomic E-state index is 12.2. The maximum Gasteiger partial charge on any atom is 0.320 e. The predicted octanol–water partition coefficient (Wildman–Crippen LogP) is 2.82. The molecule has 3 aromatic heterocycles. The third-order valence-electron chi connectivity index (χ3n) is 4.52. The molecule has 3 aromatic rings. The van der Waals surface area contributed by atoms with Crippen molar-refractivity contribution in [1.29, 1.82) is 0 Å². The zero-order valence-corrected chi connectivity index (χ0v) is 13.5. The lowest BCUT2D eigenvalue weighted by Gasteiger charge is -2.15. The first kappa shape index (κ1) is 14.7. The van der Waals surface area contributed by atoms with Crippen molar-refractivity contribution in [3.63, 3.8) is 0 Å². The molecule has 0 bridgehead atoms. The second kappa shape index (κ2) is 5.99. The Bertz CT molecular complexity index is 863.